The van der Waals surface area contributed by atoms with Crippen LogP contribution in [0.2, 0.25) is 5.28 Å². The molecule has 0 bridgehead atoms. The predicted octanol–water partition coefficient (Wildman–Crippen LogP) is 1.70. The zero-order chi connectivity index (χ0) is 13.9. The molecule has 9 heteroatoms. The summed E-state index contributed by atoms with van der Waals surface area (Å²) in [4.78, 5) is 9.08. The first kappa shape index (κ1) is 14.4. The van der Waals surface area contributed by atoms with Crippen LogP contribution in [0.4, 0.5) is 5.82 Å². The van der Waals surface area contributed by atoms with E-state index in [0.29, 0.717) is 25.3 Å². The second-order valence-corrected chi connectivity index (χ2v) is 6.99. The highest BCUT2D eigenvalue weighted by molar-refractivity contribution is 7.88. The van der Waals surface area contributed by atoms with E-state index >= 15 is 0 Å². The quantitative estimate of drug-likeness (QED) is 0.625. The molecule has 104 valence electrons. The van der Waals surface area contributed by atoms with E-state index in [9.17, 15) is 8.42 Å². The number of halogens is 1. The molecule has 0 amide bonds. The van der Waals surface area contributed by atoms with E-state index in [0.717, 1.165) is 16.5 Å². The molecule has 0 spiro atoms. The molecule has 0 aliphatic carbocycles. The number of nitrogens with zero attached hydrogens (tertiary/aromatic N) is 2. The molecule has 0 atom stereocenters. The van der Waals surface area contributed by atoms with Crippen LogP contribution in [0.15, 0.2) is 11.4 Å². The Morgan fingerprint density at radius 3 is 2.89 bits per heavy atom. The molecule has 6 nitrogen and oxygen atoms in total. The molecule has 2 N–H and O–H groups in total. The zero-order valence-electron chi connectivity index (χ0n) is 10.2. The van der Waals surface area contributed by atoms with Crippen LogP contribution in [0.1, 0.15) is 6.42 Å². The van der Waals surface area contributed by atoms with Crippen molar-refractivity contribution >= 4 is 49.0 Å². The summed E-state index contributed by atoms with van der Waals surface area (Å²) in [6.45, 7) is 0.984. The fourth-order valence-electron chi connectivity index (χ4n) is 1.52. The van der Waals surface area contributed by atoms with E-state index in [1.807, 2.05) is 11.4 Å². The van der Waals surface area contributed by atoms with E-state index in [1.54, 1.807) is 0 Å². The van der Waals surface area contributed by atoms with Crippen LogP contribution in [-0.4, -0.2) is 37.7 Å². The van der Waals surface area contributed by atoms with Gasteiger partial charge in [0, 0.05) is 13.1 Å². The van der Waals surface area contributed by atoms with Gasteiger partial charge in [0.2, 0.25) is 15.3 Å². The Balaban J connectivity index is 1.93. The number of sulfonamides is 1. The molecule has 2 heterocycles. The van der Waals surface area contributed by atoms with E-state index in [-0.39, 0.29) is 5.28 Å². The maximum absolute atomic E-state index is 10.9. The van der Waals surface area contributed by atoms with E-state index in [4.69, 9.17) is 11.6 Å². The molecule has 2 aromatic heterocycles. The number of anilines is 1. The zero-order valence-corrected chi connectivity index (χ0v) is 12.6. The SMILES string of the molecule is CS(=O)(=O)NCCCNc1nc(Cl)nc2sccc12. The monoisotopic (exact) mass is 320 g/mol. The van der Waals surface area contributed by atoms with Crippen LogP contribution in [0.3, 0.4) is 0 Å². The van der Waals surface area contributed by atoms with Gasteiger partial charge in [-0.1, -0.05) is 0 Å². The van der Waals surface area contributed by atoms with Gasteiger partial charge >= 0.3 is 0 Å². The predicted molar refractivity (Wildman–Crippen MR) is 78.4 cm³/mol. The van der Waals surface area contributed by atoms with Crippen molar-refractivity contribution in [3.63, 3.8) is 0 Å². The highest BCUT2D eigenvalue weighted by atomic mass is 35.5. The van der Waals surface area contributed by atoms with Gasteiger partial charge in [-0.15, -0.1) is 11.3 Å². The highest BCUT2D eigenvalue weighted by Crippen LogP contribution is 2.26. The molecule has 2 aromatic rings. The summed E-state index contributed by atoms with van der Waals surface area (Å²) < 4.78 is 24.2. The Kier molecular flexibility index (Phi) is 4.56. The summed E-state index contributed by atoms with van der Waals surface area (Å²) in [5.41, 5.74) is 0. The summed E-state index contributed by atoms with van der Waals surface area (Å²) >= 11 is 7.33. The maximum Gasteiger partial charge on any atom is 0.225 e. The lowest BCUT2D eigenvalue weighted by molar-refractivity contribution is 0.586. The van der Waals surface area contributed by atoms with Crippen molar-refractivity contribution < 1.29 is 8.42 Å². The highest BCUT2D eigenvalue weighted by Gasteiger charge is 2.07. The van der Waals surface area contributed by atoms with Crippen LogP contribution in [0.5, 0.6) is 0 Å². The Morgan fingerprint density at radius 2 is 2.16 bits per heavy atom. The fourth-order valence-corrected chi connectivity index (χ4v) is 3.02. The Morgan fingerprint density at radius 1 is 1.37 bits per heavy atom. The molecule has 0 aromatic carbocycles. The third kappa shape index (κ3) is 4.27. The molecule has 2 rings (SSSR count). The van der Waals surface area contributed by atoms with Gasteiger partial charge in [0.1, 0.15) is 10.6 Å². The van der Waals surface area contributed by atoms with Crippen molar-refractivity contribution in [2.24, 2.45) is 0 Å². The molecule has 0 saturated carbocycles. The average molecular weight is 321 g/mol. The molecular weight excluding hydrogens is 308 g/mol. The van der Waals surface area contributed by atoms with Crippen molar-refractivity contribution in [3.05, 3.63) is 16.7 Å². The fraction of sp³-hybridized carbons (Fsp3) is 0.400. The minimum Gasteiger partial charge on any atom is -0.369 e. The van der Waals surface area contributed by atoms with Crippen LogP contribution in [0.25, 0.3) is 10.2 Å². The molecule has 0 saturated heterocycles. The van der Waals surface area contributed by atoms with Gasteiger partial charge < -0.3 is 5.32 Å². The second kappa shape index (κ2) is 6.00. The standard InChI is InChI=1S/C10H13ClN4O2S2/c1-19(16,17)13-5-2-4-12-8-7-3-6-18-9(7)15-10(11)14-8/h3,6,13H,2,4-5H2,1H3,(H,12,14,15). The molecule has 0 aliphatic rings. The molecular formula is C10H13ClN4O2S2. The molecule has 19 heavy (non-hydrogen) atoms. The number of aromatic nitrogens is 2. The van der Waals surface area contributed by atoms with Gasteiger partial charge in [0.15, 0.2) is 0 Å². The average Bonchev–Trinajstić information content (AvgIpc) is 2.74. The van der Waals surface area contributed by atoms with Gasteiger partial charge in [-0.05, 0) is 29.5 Å². The van der Waals surface area contributed by atoms with Crippen molar-refractivity contribution in [3.8, 4) is 0 Å². The number of fused-ring (bicyclic) bond motifs is 1. The van der Waals surface area contributed by atoms with E-state index in [1.165, 1.54) is 11.3 Å². The third-order valence-electron chi connectivity index (χ3n) is 2.31. The first-order valence-corrected chi connectivity index (χ1v) is 8.70. The van der Waals surface area contributed by atoms with Gasteiger partial charge in [0.25, 0.3) is 0 Å². The van der Waals surface area contributed by atoms with Crippen LogP contribution in [0, 0.1) is 0 Å². The van der Waals surface area contributed by atoms with Crippen molar-refractivity contribution in [2.45, 2.75) is 6.42 Å². The van der Waals surface area contributed by atoms with Gasteiger partial charge in [-0.25, -0.2) is 23.1 Å². The maximum atomic E-state index is 10.9. The Hall–Kier alpha value is -0.960. The summed E-state index contributed by atoms with van der Waals surface area (Å²) in [5.74, 6) is 0.676. The van der Waals surface area contributed by atoms with E-state index < -0.39 is 10.0 Å². The van der Waals surface area contributed by atoms with Crippen molar-refractivity contribution in [1.29, 1.82) is 0 Å². The smallest absolute Gasteiger partial charge is 0.225 e. The minimum atomic E-state index is -3.12. The first-order valence-electron chi connectivity index (χ1n) is 5.55. The normalized spacial score (nSPS) is 11.9. The third-order valence-corrected chi connectivity index (χ3v) is 4.01. The second-order valence-electron chi connectivity index (χ2n) is 3.93. The van der Waals surface area contributed by atoms with E-state index in [2.05, 4.69) is 20.0 Å². The first-order chi connectivity index (χ1) is 8.96. The number of rotatable bonds is 6. The summed E-state index contributed by atoms with van der Waals surface area (Å²) in [5, 5.41) is 6.18. The number of hydrogen-bond acceptors (Lipinski definition) is 6. The molecule has 0 fully saturated rings. The summed E-state index contributed by atoms with van der Waals surface area (Å²) in [6, 6.07) is 1.92. The lowest BCUT2D eigenvalue weighted by atomic mass is 10.3. The molecule has 0 unspecified atom stereocenters. The Labute approximate surface area is 120 Å². The Bertz CT molecular complexity index is 671. The topological polar surface area (TPSA) is 84.0 Å². The van der Waals surface area contributed by atoms with Gasteiger partial charge in [0.05, 0.1) is 11.6 Å². The summed E-state index contributed by atoms with van der Waals surface area (Å²) in [6.07, 6.45) is 1.79. The lowest BCUT2D eigenvalue weighted by Gasteiger charge is -2.07. The van der Waals surface area contributed by atoms with Crippen LogP contribution >= 0.6 is 22.9 Å². The van der Waals surface area contributed by atoms with Gasteiger partial charge in [-0.3, -0.25) is 0 Å². The summed E-state index contributed by atoms with van der Waals surface area (Å²) in [7, 11) is -3.12. The van der Waals surface area contributed by atoms with Crippen LogP contribution < -0.4 is 10.0 Å². The lowest BCUT2D eigenvalue weighted by Crippen LogP contribution is -2.24. The largest absolute Gasteiger partial charge is 0.369 e. The minimum absolute atomic E-state index is 0.201. The van der Waals surface area contributed by atoms with Gasteiger partial charge in [-0.2, -0.15) is 0 Å². The van der Waals surface area contributed by atoms with Crippen LogP contribution in [-0.2, 0) is 10.0 Å². The number of nitrogens with one attached hydrogen (secondary N) is 2. The number of thiophene rings is 1. The van der Waals surface area contributed by atoms with Crippen molar-refractivity contribution in [1.82, 2.24) is 14.7 Å². The molecule has 0 radical (unpaired) electrons. The van der Waals surface area contributed by atoms with Crippen molar-refractivity contribution in [2.75, 3.05) is 24.7 Å². The molecule has 0 aliphatic heterocycles. The number of hydrogen-bond donors (Lipinski definition) is 2.